The van der Waals surface area contributed by atoms with E-state index in [1.54, 1.807) is 24.3 Å². The van der Waals surface area contributed by atoms with Crippen molar-refractivity contribution >= 4 is 29.5 Å². The number of carbonyl (C=O) groups is 5. The van der Waals surface area contributed by atoms with Gasteiger partial charge in [-0.05, 0) is 77.4 Å². The molecule has 0 saturated carbocycles. The number of benzene rings is 5. The van der Waals surface area contributed by atoms with E-state index in [1.165, 1.54) is 0 Å². The monoisotopic (exact) mass is 811 g/mol. The number of rotatable bonds is 22. The first-order valence-electron chi connectivity index (χ1n) is 20.1. The van der Waals surface area contributed by atoms with Gasteiger partial charge in [0.2, 0.25) is 23.6 Å². The molecule has 0 aliphatic carbocycles. The van der Waals surface area contributed by atoms with E-state index in [1.807, 2.05) is 129 Å². The fraction of sp³-hybridized carbons (Fsp3) is 0.271. The van der Waals surface area contributed by atoms with E-state index in [-0.39, 0.29) is 31.3 Å². The standard InChI is InChI=1S/C48H53N5O7/c1-34(2)28-42(47(57)51-30-44(54)49-27-26-35-18-22-40(23-19-35)59-32-37-14-8-4-9-15-37)53-48(58)43(29-36-12-6-3-7-13-36)52-45(55)31-50-46(56)39-20-24-41(25-21-39)60-33-38-16-10-5-11-17-38/h3-25,34,42-43H,26-33H2,1-2H3,(H,49,54)(H,50,56)(H,51,57)(H,52,55)(H,53,58). The lowest BCUT2D eigenvalue weighted by Gasteiger charge is -2.24. The second kappa shape index (κ2) is 23.5. The molecule has 0 spiro atoms. The van der Waals surface area contributed by atoms with E-state index >= 15 is 0 Å². The Hall–Kier alpha value is -6.95. The highest BCUT2D eigenvalue weighted by atomic mass is 16.5. The summed E-state index contributed by atoms with van der Waals surface area (Å²) >= 11 is 0. The van der Waals surface area contributed by atoms with Crippen molar-refractivity contribution in [2.24, 2.45) is 5.92 Å². The van der Waals surface area contributed by atoms with Crippen LogP contribution in [0.4, 0.5) is 0 Å². The first-order valence-corrected chi connectivity index (χ1v) is 20.1. The zero-order valence-electron chi connectivity index (χ0n) is 34.0. The summed E-state index contributed by atoms with van der Waals surface area (Å²) in [6.07, 6.45) is 1.02. The van der Waals surface area contributed by atoms with E-state index in [4.69, 9.17) is 9.47 Å². The van der Waals surface area contributed by atoms with E-state index in [9.17, 15) is 24.0 Å². The predicted molar refractivity (Wildman–Crippen MR) is 230 cm³/mol. The SMILES string of the molecule is CC(C)CC(NC(=O)C(Cc1ccccc1)NC(=O)CNC(=O)c1ccc(OCc2ccccc2)cc1)C(=O)NCC(=O)NCCc1ccc(OCc2ccccc2)cc1. The molecule has 12 nitrogen and oxygen atoms in total. The Labute approximate surface area is 351 Å². The molecular weight excluding hydrogens is 759 g/mol. The molecule has 0 aliphatic rings. The van der Waals surface area contributed by atoms with Crippen LogP contribution < -0.4 is 36.1 Å². The van der Waals surface area contributed by atoms with Gasteiger partial charge in [0.05, 0.1) is 13.1 Å². The number of hydrogen-bond acceptors (Lipinski definition) is 7. The lowest BCUT2D eigenvalue weighted by atomic mass is 10.0. The summed E-state index contributed by atoms with van der Waals surface area (Å²) in [5.74, 6) is -1.17. The maximum atomic E-state index is 13.8. The van der Waals surface area contributed by atoms with Gasteiger partial charge in [-0.2, -0.15) is 0 Å². The summed E-state index contributed by atoms with van der Waals surface area (Å²) in [5.41, 5.74) is 4.22. The van der Waals surface area contributed by atoms with Crippen LogP contribution in [0.1, 0.15) is 52.9 Å². The first-order chi connectivity index (χ1) is 29.1. The van der Waals surface area contributed by atoms with Gasteiger partial charge in [0.1, 0.15) is 36.8 Å². The number of amides is 5. The van der Waals surface area contributed by atoms with Crippen LogP contribution in [0.25, 0.3) is 0 Å². The second-order valence-corrected chi connectivity index (χ2v) is 14.7. The summed E-state index contributed by atoms with van der Waals surface area (Å²) in [6.45, 7) is 4.39. The van der Waals surface area contributed by atoms with Crippen molar-refractivity contribution in [3.8, 4) is 11.5 Å². The Morgan fingerprint density at radius 1 is 0.500 bits per heavy atom. The lowest BCUT2D eigenvalue weighted by molar-refractivity contribution is -0.132. The minimum absolute atomic E-state index is 0.0203. The molecule has 0 aromatic heterocycles. The number of nitrogens with one attached hydrogen (secondary N) is 5. The summed E-state index contributed by atoms with van der Waals surface area (Å²) in [7, 11) is 0. The molecule has 5 amide bonds. The van der Waals surface area contributed by atoms with Gasteiger partial charge in [-0.25, -0.2) is 0 Å². The Bertz CT molecular complexity index is 2110. The molecule has 60 heavy (non-hydrogen) atoms. The highest BCUT2D eigenvalue weighted by molar-refractivity contribution is 5.97. The summed E-state index contributed by atoms with van der Waals surface area (Å²) < 4.78 is 11.6. The van der Waals surface area contributed by atoms with Crippen LogP contribution in [-0.2, 0) is 45.2 Å². The van der Waals surface area contributed by atoms with Crippen LogP contribution in [0.15, 0.2) is 140 Å². The molecule has 5 aromatic rings. The van der Waals surface area contributed by atoms with Crippen molar-refractivity contribution in [3.63, 3.8) is 0 Å². The van der Waals surface area contributed by atoms with Gasteiger partial charge >= 0.3 is 0 Å². The van der Waals surface area contributed by atoms with Crippen LogP contribution in [-0.4, -0.2) is 61.3 Å². The predicted octanol–water partition coefficient (Wildman–Crippen LogP) is 5.31. The third-order valence-corrected chi connectivity index (χ3v) is 9.38. The van der Waals surface area contributed by atoms with Gasteiger partial charge in [-0.15, -0.1) is 0 Å². The highest BCUT2D eigenvalue weighted by Crippen LogP contribution is 2.16. The van der Waals surface area contributed by atoms with Crippen molar-refractivity contribution in [2.75, 3.05) is 19.6 Å². The Balaban J connectivity index is 1.08. The topological polar surface area (TPSA) is 164 Å². The minimum Gasteiger partial charge on any atom is -0.489 e. The highest BCUT2D eigenvalue weighted by Gasteiger charge is 2.28. The fourth-order valence-corrected chi connectivity index (χ4v) is 6.18. The van der Waals surface area contributed by atoms with Crippen molar-refractivity contribution in [2.45, 2.75) is 58.4 Å². The second-order valence-electron chi connectivity index (χ2n) is 14.7. The van der Waals surface area contributed by atoms with Gasteiger partial charge in [-0.3, -0.25) is 24.0 Å². The van der Waals surface area contributed by atoms with Crippen molar-refractivity contribution in [3.05, 3.63) is 167 Å². The Morgan fingerprint density at radius 2 is 1.02 bits per heavy atom. The van der Waals surface area contributed by atoms with Gasteiger partial charge in [0, 0.05) is 18.5 Å². The van der Waals surface area contributed by atoms with E-state index < -0.39 is 35.7 Å². The molecule has 12 heteroatoms. The zero-order valence-corrected chi connectivity index (χ0v) is 34.0. The molecule has 0 saturated heterocycles. The normalized spacial score (nSPS) is 11.7. The summed E-state index contributed by atoms with van der Waals surface area (Å²) in [5, 5.41) is 13.6. The van der Waals surface area contributed by atoms with E-state index in [2.05, 4.69) is 26.6 Å². The van der Waals surface area contributed by atoms with Gasteiger partial charge in [0.15, 0.2) is 0 Å². The molecule has 312 valence electrons. The van der Waals surface area contributed by atoms with E-state index in [0.29, 0.717) is 43.9 Å². The Kier molecular flexibility index (Phi) is 17.3. The lowest BCUT2D eigenvalue weighted by Crippen LogP contribution is -2.56. The number of ether oxygens (including phenoxy) is 2. The molecule has 0 aliphatic heterocycles. The van der Waals surface area contributed by atoms with Crippen LogP contribution >= 0.6 is 0 Å². The van der Waals surface area contributed by atoms with Crippen LogP contribution in [0, 0.1) is 5.92 Å². The van der Waals surface area contributed by atoms with Gasteiger partial charge < -0.3 is 36.1 Å². The molecule has 5 aromatic carbocycles. The molecule has 5 N–H and O–H groups in total. The average molecular weight is 812 g/mol. The molecule has 2 unspecified atom stereocenters. The largest absolute Gasteiger partial charge is 0.489 e. The third kappa shape index (κ3) is 15.4. The first kappa shape index (κ1) is 44.2. The number of hydrogen-bond donors (Lipinski definition) is 5. The quantitative estimate of drug-likeness (QED) is 0.0633. The van der Waals surface area contributed by atoms with Crippen molar-refractivity contribution in [1.82, 2.24) is 26.6 Å². The maximum Gasteiger partial charge on any atom is 0.251 e. The average Bonchev–Trinajstić information content (AvgIpc) is 3.27. The van der Waals surface area contributed by atoms with E-state index in [0.717, 1.165) is 28.0 Å². The summed E-state index contributed by atoms with van der Waals surface area (Å²) in [4.78, 5) is 65.8. The molecule has 0 radical (unpaired) electrons. The molecule has 0 heterocycles. The zero-order chi connectivity index (χ0) is 42.5. The summed E-state index contributed by atoms with van der Waals surface area (Å²) in [6, 6.07) is 41.0. The molecular formula is C48H53N5O7. The Morgan fingerprint density at radius 3 is 1.57 bits per heavy atom. The third-order valence-electron chi connectivity index (χ3n) is 9.38. The van der Waals surface area contributed by atoms with Crippen molar-refractivity contribution < 1.29 is 33.4 Å². The van der Waals surface area contributed by atoms with Crippen LogP contribution in [0.2, 0.25) is 0 Å². The fourth-order valence-electron chi connectivity index (χ4n) is 6.18. The van der Waals surface area contributed by atoms with Gasteiger partial charge in [-0.1, -0.05) is 117 Å². The number of carbonyl (C=O) groups excluding carboxylic acids is 5. The van der Waals surface area contributed by atoms with Crippen LogP contribution in [0.5, 0.6) is 11.5 Å². The molecule has 2 atom stereocenters. The van der Waals surface area contributed by atoms with Crippen molar-refractivity contribution in [1.29, 1.82) is 0 Å². The minimum atomic E-state index is -1.06. The van der Waals surface area contributed by atoms with Crippen LogP contribution in [0.3, 0.4) is 0 Å². The smallest absolute Gasteiger partial charge is 0.251 e. The molecule has 0 fully saturated rings. The molecule has 5 rings (SSSR count). The molecule has 0 bridgehead atoms. The maximum absolute atomic E-state index is 13.8. The van der Waals surface area contributed by atoms with Gasteiger partial charge in [0.25, 0.3) is 5.91 Å².